The van der Waals surface area contributed by atoms with Gasteiger partial charge in [-0.05, 0) is 6.92 Å². The Kier molecular flexibility index (Phi) is 1.91. The number of nitrogens with one attached hydrogen (secondary N) is 3. The summed E-state index contributed by atoms with van der Waals surface area (Å²) in [7, 11) is 0. The van der Waals surface area contributed by atoms with E-state index < -0.39 is 16.8 Å². The summed E-state index contributed by atoms with van der Waals surface area (Å²) < 4.78 is 0. The minimum absolute atomic E-state index is 0.00579. The second-order valence-corrected chi connectivity index (χ2v) is 3.65. The molecule has 0 saturated heterocycles. The minimum atomic E-state index is -0.705. The van der Waals surface area contributed by atoms with E-state index >= 15 is 0 Å². The van der Waals surface area contributed by atoms with Gasteiger partial charge < -0.3 is 4.98 Å². The molecule has 0 spiro atoms. The summed E-state index contributed by atoms with van der Waals surface area (Å²) in [6.45, 7) is 1.59. The molecule has 3 heterocycles. The van der Waals surface area contributed by atoms with E-state index in [2.05, 4.69) is 24.9 Å². The second kappa shape index (κ2) is 3.32. The van der Waals surface area contributed by atoms with Gasteiger partial charge in [-0.15, -0.1) is 0 Å². The molecule has 18 heavy (non-hydrogen) atoms. The fraction of sp³-hybridized carbons (Fsp3) is 0.111. The van der Waals surface area contributed by atoms with Crippen LogP contribution in [0.15, 0.2) is 14.4 Å². The van der Waals surface area contributed by atoms with Gasteiger partial charge in [0.15, 0.2) is 22.3 Å². The summed E-state index contributed by atoms with van der Waals surface area (Å²) in [5.74, 6) is 0.369. The van der Waals surface area contributed by atoms with Crippen molar-refractivity contribution < 1.29 is 0 Å². The highest BCUT2D eigenvalue weighted by Gasteiger charge is 2.10. The van der Waals surface area contributed by atoms with Crippen molar-refractivity contribution in [1.82, 2.24) is 29.9 Å². The first-order chi connectivity index (χ1) is 8.54. The Morgan fingerprint density at radius 2 is 1.56 bits per heavy atom. The van der Waals surface area contributed by atoms with Crippen LogP contribution in [0, 0.1) is 6.92 Å². The van der Waals surface area contributed by atoms with Crippen LogP contribution in [0.25, 0.3) is 22.3 Å². The number of rotatable bonds is 0. The first-order valence-corrected chi connectivity index (χ1v) is 4.95. The van der Waals surface area contributed by atoms with Crippen molar-refractivity contribution in [2.75, 3.05) is 0 Å². The molecule has 0 fully saturated rings. The van der Waals surface area contributed by atoms with Crippen molar-refractivity contribution in [3.63, 3.8) is 0 Å². The molecule has 0 unspecified atom stereocenters. The van der Waals surface area contributed by atoms with Crippen LogP contribution in [0.5, 0.6) is 0 Å². The molecule has 0 radical (unpaired) electrons. The van der Waals surface area contributed by atoms with Crippen LogP contribution in [0.1, 0.15) is 5.82 Å². The summed E-state index contributed by atoms with van der Waals surface area (Å²) >= 11 is 0. The summed E-state index contributed by atoms with van der Waals surface area (Å²) in [6, 6.07) is 0. The molecule has 0 aliphatic carbocycles. The summed E-state index contributed by atoms with van der Waals surface area (Å²) in [5.41, 5.74) is -1.98. The fourth-order valence-electron chi connectivity index (χ4n) is 1.61. The SMILES string of the molecule is Cc1nc2nc3[nH]c(=O)[nH]c(=O)c3nc2c(=O)[nH]1. The molecule has 3 N–H and O–H groups in total. The van der Waals surface area contributed by atoms with Crippen molar-refractivity contribution in [2.24, 2.45) is 0 Å². The van der Waals surface area contributed by atoms with Crippen molar-refractivity contribution in [3.8, 4) is 0 Å². The molecule has 90 valence electrons. The molecule has 0 atom stereocenters. The Morgan fingerprint density at radius 1 is 0.833 bits per heavy atom. The predicted octanol–water partition coefficient (Wildman–Crippen LogP) is -1.45. The Hall–Kier alpha value is -2.84. The highest BCUT2D eigenvalue weighted by molar-refractivity contribution is 5.80. The smallest absolute Gasteiger partial charge is 0.309 e. The highest BCUT2D eigenvalue weighted by Crippen LogP contribution is 2.04. The van der Waals surface area contributed by atoms with E-state index in [1.807, 2.05) is 4.98 Å². The van der Waals surface area contributed by atoms with Crippen LogP contribution >= 0.6 is 0 Å². The molecule has 3 aromatic heterocycles. The van der Waals surface area contributed by atoms with E-state index in [4.69, 9.17) is 0 Å². The normalized spacial score (nSPS) is 11.2. The topological polar surface area (TPSA) is 137 Å². The lowest BCUT2D eigenvalue weighted by molar-refractivity contribution is 1.01. The number of hydrogen-bond donors (Lipinski definition) is 3. The molecule has 0 aromatic carbocycles. The van der Waals surface area contributed by atoms with E-state index in [-0.39, 0.29) is 22.3 Å². The van der Waals surface area contributed by atoms with Crippen LogP contribution in [0.2, 0.25) is 0 Å². The number of H-pyrrole nitrogens is 3. The van der Waals surface area contributed by atoms with Gasteiger partial charge in [0.1, 0.15) is 5.82 Å². The molecule has 9 nitrogen and oxygen atoms in total. The van der Waals surface area contributed by atoms with Crippen molar-refractivity contribution in [3.05, 3.63) is 37.0 Å². The number of hydrogen-bond acceptors (Lipinski definition) is 6. The maximum Gasteiger partial charge on any atom is 0.327 e. The number of aryl methyl sites for hydroxylation is 1. The van der Waals surface area contributed by atoms with Crippen LogP contribution in [0.4, 0.5) is 0 Å². The summed E-state index contributed by atoms with van der Waals surface area (Å²) in [4.78, 5) is 52.9. The lowest BCUT2D eigenvalue weighted by Gasteiger charge is -1.99. The maximum absolute atomic E-state index is 11.6. The maximum atomic E-state index is 11.6. The second-order valence-electron chi connectivity index (χ2n) is 3.65. The van der Waals surface area contributed by atoms with E-state index in [1.165, 1.54) is 0 Å². The molecule has 9 heteroatoms. The third-order valence-electron chi connectivity index (χ3n) is 2.33. The molecule has 0 aliphatic rings. The summed E-state index contributed by atoms with van der Waals surface area (Å²) in [5, 5.41) is 0. The monoisotopic (exact) mass is 246 g/mol. The predicted molar refractivity (Wildman–Crippen MR) is 61.4 cm³/mol. The molecule has 3 rings (SSSR count). The standard InChI is InChI=1S/C9H6N6O3/c1-2-10-5-3(7(16)11-2)12-4-6(13-5)14-9(18)15-8(4)17/h1H3,(H3,10,11,13,14,15,16,17,18). The zero-order valence-corrected chi connectivity index (χ0v) is 9.07. The number of aromatic nitrogens is 6. The quantitative estimate of drug-likeness (QED) is 0.415. The first kappa shape index (κ1) is 10.3. The zero-order valence-electron chi connectivity index (χ0n) is 9.07. The van der Waals surface area contributed by atoms with E-state index in [0.717, 1.165) is 0 Å². The average Bonchev–Trinajstić information content (AvgIpc) is 2.26. The number of aromatic amines is 3. The van der Waals surface area contributed by atoms with Gasteiger partial charge >= 0.3 is 5.69 Å². The zero-order chi connectivity index (χ0) is 12.9. The third kappa shape index (κ3) is 1.41. The van der Waals surface area contributed by atoms with Gasteiger partial charge in [-0.25, -0.2) is 19.7 Å². The lowest BCUT2D eigenvalue weighted by atomic mass is 10.4. The fourth-order valence-corrected chi connectivity index (χ4v) is 1.61. The van der Waals surface area contributed by atoms with E-state index in [9.17, 15) is 14.4 Å². The Balaban J connectivity index is 2.64. The van der Waals surface area contributed by atoms with Gasteiger partial charge in [0, 0.05) is 0 Å². The van der Waals surface area contributed by atoms with Crippen LogP contribution in [-0.2, 0) is 0 Å². The van der Waals surface area contributed by atoms with Crippen LogP contribution < -0.4 is 16.8 Å². The number of nitrogens with zero attached hydrogens (tertiary/aromatic N) is 3. The minimum Gasteiger partial charge on any atom is -0.309 e. The molecule has 0 amide bonds. The van der Waals surface area contributed by atoms with Gasteiger partial charge in [0.2, 0.25) is 0 Å². The molecule has 3 aromatic rings. The Morgan fingerprint density at radius 3 is 2.33 bits per heavy atom. The molecule has 0 bridgehead atoms. The van der Waals surface area contributed by atoms with Gasteiger partial charge in [-0.2, -0.15) is 0 Å². The van der Waals surface area contributed by atoms with Gasteiger partial charge in [0.25, 0.3) is 11.1 Å². The van der Waals surface area contributed by atoms with Crippen molar-refractivity contribution >= 4 is 22.3 Å². The van der Waals surface area contributed by atoms with E-state index in [0.29, 0.717) is 5.82 Å². The number of fused-ring (bicyclic) bond motifs is 2. The molecule has 0 saturated carbocycles. The van der Waals surface area contributed by atoms with Gasteiger partial charge in [-0.1, -0.05) is 0 Å². The van der Waals surface area contributed by atoms with Crippen molar-refractivity contribution in [2.45, 2.75) is 6.92 Å². The van der Waals surface area contributed by atoms with Gasteiger partial charge in [0.05, 0.1) is 0 Å². The van der Waals surface area contributed by atoms with Crippen molar-refractivity contribution in [1.29, 1.82) is 0 Å². The third-order valence-corrected chi connectivity index (χ3v) is 2.33. The average molecular weight is 246 g/mol. The largest absolute Gasteiger partial charge is 0.327 e. The van der Waals surface area contributed by atoms with Gasteiger partial charge in [-0.3, -0.25) is 19.6 Å². The Bertz CT molecular complexity index is 950. The molecular formula is C9H6N6O3. The highest BCUT2D eigenvalue weighted by atomic mass is 16.2. The summed E-state index contributed by atoms with van der Waals surface area (Å²) in [6.07, 6.45) is 0. The van der Waals surface area contributed by atoms with E-state index in [1.54, 1.807) is 6.92 Å². The first-order valence-electron chi connectivity index (χ1n) is 4.95. The lowest BCUT2D eigenvalue weighted by Crippen LogP contribution is -2.24. The molecule has 0 aliphatic heterocycles. The Labute approximate surface area is 97.0 Å². The van der Waals surface area contributed by atoms with Crippen LogP contribution in [-0.4, -0.2) is 29.9 Å². The van der Waals surface area contributed by atoms with Crippen LogP contribution in [0.3, 0.4) is 0 Å². The molecular weight excluding hydrogens is 240 g/mol.